The maximum absolute atomic E-state index is 11.3. The molecule has 0 radical (unpaired) electrons. The molecule has 1 N–H and O–H groups in total. The summed E-state index contributed by atoms with van der Waals surface area (Å²) >= 11 is 0. The fourth-order valence-corrected chi connectivity index (χ4v) is 0.469. The number of rotatable bonds is 3. The van der Waals surface area contributed by atoms with Crippen molar-refractivity contribution >= 4 is 13.8 Å². The highest BCUT2D eigenvalue weighted by Crippen LogP contribution is 2.34. The van der Waals surface area contributed by atoms with Gasteiger partial charge in [-0.05, 0) is 0 Å². The van der Waals surface area contributed by atoms with Gasteiger partial charge in [-0.25, -0.2) is 4.79 Å². The van der Waals surface area contributed by atoms with Gasteiger partial charge in [0.05, 0.1) is 7.11 Å². The van der Waals surface area contributed by atoms with Crippen LogP contribution >= 0.6 is 7.82 Å². The van der Waals surface area contributed by atoms with Crippen molar-refractivity contribution in [3.05, 3.63) is 0 Å². The molecule has 0 fully saturated rings. The standard InChI is InChI=1S/C4H5F3O3.C2H7O4P/c1-10-3(9)2(8)4(5,6)7;1-5-7(3,4)6-2/h2,8H,1H3;1-2H3,(H,3,4)/p-1. The Hall–Kier alpha value is -0.670. The number of alkyl halides is 3. The monoisotopic (exact) mass is 283 g/mol. The van der Waals surface area contributed by atoms with Gasteiger partial charge in [-0.2, -0.15) is 13.2 Å². The maximum Gasteiger partial charge on any atom is 0.425 e. The Morgan fingerprint density at radius 1 is 1.29 bits per heavy atom. The number of ether oxygens (including phenoxy) is 1. The molecule has 0 aliphatic rings. The van der Waals surface area contributed by atoms with Crippen molar-refractivity contribution < 1.29 is 46.3 Å². The van der Waals surface area contributed by atoms with Gasteiger partial charge in [0.15, 0.2) is 0 Å². The van der Waals surface area contributed by atoms with Crippen molar-refractivity contribution in [3.63, 3.8) is 0 Å². The Balaban J connectivity index is 0. The van der Waals surface area contributed by atoms with E-state index in [1.54, 1.807) is 0 Å². The van der Waals surface area contributed by atoms with Crippen molar-refractivity contribution in [1.82, 2.24) is 0 Å². The first kappa shape index (κ1) is 18.7. The van der Waals surface area contributed by atoms with E-state index in [2.05, 4.69) is 13.8 Å². The van der Waals surface area contributed by atoms with Gasteiger partial charge in [0.25, 0.3) is 7.82 Å². The highest BCUT2D eigenvalue weighted by atomic mass is 31.2. The molecule has 0 saturated carbocycles. The molecule has 0 heterocycles. The summed E-state index contributed by atoms with van der Waals surface area (Å²) in [6.45, 7) is 0. The lowest BCUT2D eigenvalue weighted by molar-refractivity contribution is -0.220. The number of carbonyl (C=O) groups excluding carboxylic acids is 1. The van der Waals surface area contributed by atoms with Crippen LogP contribution < -0.4 is 4.89 Å². The Morgan fingerprint density at radius 3 is 1.71 bits per heavy atom. The first-order valence-electron chi connectivity index (χ1n) is 3.77. The third-order valence-corrected chi connectivity index (χ3v) is 2.08. The van der Waals surface area contributed by atoms with E-state index in [0.29, 0.717) is 0 Å². The van der Waals surface area contributed by atoms with Crippen molar-refractivity contribution in [2.75, 3.05) is 21.3 Å². The second kappa shape index (κ2) is 7.62. The highest BCUT2D eigenvalue weighted by molar-refractivity contribution is 7.45. The molecule has 0 aromatic heterocycles. The van der Waals surface area contributed by atoms with E-state index in [4.69, 9.17) is 5.11 Å². The third-order valence-electron chi connectivity index (χ3n) is 1.18. The lowest BCUT2D eigenvalue weighted by Gasteiger charge is -2.16. The first-order valence-corrected chi connectivity index (χ1v) is 5.23. The molecule has 0 rings (SSSR count). The summed E-state index contributed by atoms with van der Waals surface area (Å²) in [5.41, 5.74) is 0. The van der Waals surface area contributed by atoms with Gasteiger partial charge in [0, 0.05) is 14.2 Å². The SMILES string of the molecule is COC(=O)C(O)C(F)(F)F.COP(=O)([O-])OC. The van der Waals surface area contributed by atoms with E-state index in [1.807, 2.05) is 0 Å². The fourth-order valence-electron chi connectivity index (χ4n) is 0.320. The van der Waals surface area contributed by atoms with E-state index >= 15 is 0 Å². The summed E-state index contributed by atoms with van der Waals surface area (Å²) in [6.07, 6.45) is -7.97. The molecule has 17 heavy (non-hydrogen) atoms. The molecule has 0 aromatic carbocycles. The summed E-state index contributed by atoms with van der Waals surface area (Å²) in [7, 11) is -1.07. The lowest BCUT2D eigenvalue weighted by Crippen LogP contribution is -2.37. The first-order chi connectivity index (χ1) is 7.51. The fraction of sp³-hybridized carbons (Fsp3) is 0.833. The Kier molecular flexibility index (Phi) is 8.37. The van der Waals surface area contributed by atoms with Gasteiger partial charge in [-0.1, -0.05) is 0 Å². The van der Waals surface area contributed by atoms with Crippen LogP contribution in [0.1, 0.15) is 0 Å². The van der Waals surface area contributed by atoms with Crippen LogP contribution in [0.25, 0.3) is 0 Å². The largest absolute Gasteiger partial charge is 0.756 e. The quantitative estimate of drug-likeness (QED) is 0.566. The number of halogens is 3. The number of methoxy groups -OCH3 is 1. The van der Waals surface area contributed by atoms with Crippen LogP contribution in [0.4, 0.5) is 13.2 Å². The van der Waals surface area contributed by atoms with E-state index in [0.717, 1.165) is 21.3 Å². The number of aliphatic hydroxyl groups is 1. The summed E-state index contributed by atoms with van der Waals surface area (Å²) in [5.74, 6) is -1.70. The topological polar surface area (TPSA) is 105 Å². The van der Waals surface area contributed by atoms with Crippen molar-refractivity contribution in [1.29, 1.82) is 0 Å². The van der Waals surface area contributed by atoms with Crippen molar-refractivity contribution in [2.45, 2.75) is 12.3 Å². The average Bonchev–Trinajstić information content (AvgIpc) is 2.26. The maximum atomic E-state index is 11.3. The molecule has 0 saturated heterocycles. The Labute approximate surface area is 94.7 Å². The molecule has 7 nitrogen and oxygen atoms in total. The predicted molar refractivity (Wildman–Crippen MR) is 45.7 cm³/mol. The summed E-state index contributed by atoms with van der Waals surface area (Å²) in [6, 6.07) is 0. The van der Waals surface area contributed by atoms with Crippen LogP contribution in [-0.4, -0.2) is 44.7 Å². The minimum atomic E-state index is -4.94. The summed E-state index contributed by atoms with van der Waals surface area (Å²) in [5, 5.41) is 8.05. The molecular weight excluding hydrogens is 272 g/mol. The molecule has 0 aromatic rings. The van der Waals surface area contributed by atoms with Crippen molar-refractivity contribution in [3.8, 4) is 0 Å². The zero-order valence-corrected chi connectivity index (χ0v) is 9.95. The second-order valence-electron chi connectivity index (χ2n) is 2.28. The van der Waals surface area contributed by atoms with Gasteiger partial charge in [-0.3, -0.25) is 4.57 Å². The summed E-state index contributed by atoms with van der Waals surface area (Å²) in [4.78, 5) is 19.9. The number of aliphatic hydroxyl groups excluding tert-OH is 1. The molecule has 1 unspecified atom stereocenters. The predicted octanol–water partition coefficient (Wildman–Crippen LogP) is -0.170. The number of esters is 1. The van der Waals surface area contributed by atoms with Gasteiger partial charge >= 0.3 is 12.1 Å². The van der Waals surface area contributed by atoms with Crippen LogP contribution in [0, 0.1) is 0 Å². The van der Waals surface area contributed by atoms with Crippen molar-refractivity contribution in [2.24, 2.45) is 0 Å². The molecule has 0 aliphatic carbocycles. The van der Waals surface area contributed by atoms with Crippen LogP contribution in [0.2, 0.25) is 0 Å². The lowest BCUT2D eigenvalue weighted by atomic mass is 10.3. The second-order valence-corrected chi connectivity index (χ2v) is 3.90. The normalized spacial score (nSPS) is 13.4. The number of phosphoric ester groups is 1. The molecule has 104 valence electrons. The molecule has 0 amide bonds. The zero-order chi connectivity index (χ0) is 14.3. The van der Waals surface area contributed by atoms with Crippen LogP contribution in [-0.2, 0) is 23.1 Å². The smallest absolute Gasteiger partial charge is 0.425 e. The molecule has 0 aliphatic heterocycles. The molecular formula is C6H11F3O7P-. The molecule has 11 heteroatoms. The Morgan fingerprint density at radius 2 is 1.65 bits per heavy atom. The Bertz CT molecular complexity index is 271. The highest BCUT2D eigenvalue weighted by Gasteiger charge is 2.44. The minimum absolute atomic E-state index is 0.761. The van der Waals surface area contributed by atoms with Crippen LogP contribution in [0.5, 0.6) is 0 Å². The molecule has 1 atom stereocenters. The van der Waals surface area contributed by atoms with Gasteiger partial charge in [0.1, 0.15) is 0 Å². The zero-order valence-electron chi connectivity index (χ0n) is 9.06. The number of hydrogen-bond acceptors (Lipinski definition) is 7. The third kappa shape index (κ3) is 9.07. The number of carbonyl (C=O) groups is 1. The van der Waals surface area contributed by atoms with Gasteiger partial charge < -0.3 is 23.8 Å². The van der Waals surface area contributed by atoms with Crippen LogP contribution in [0.3, 0.4) is 0 Å². The summed E-state index contributed by atoms with van der Waals surface area (Å²) < 4.78 is 55.3. The average molecular weight is 283 g/mol. The minimum Gasteiger partial charge on any atom is -0.756 e. The van der Waals surface area contributed by atoms with E-state index in [-0.39, 0.29) is 0 Å². The van der Waals surface area contributed by atoms with E-state index in [9.17, 15) is 27.4 Å². The number of hydrogen-bond donors (Lipinski definition) is 1. The number of phosphoric acid groups is 1. The van der Waals surface area contributed by atoms with Gasteiger partial charge in [-0.15, -0.1) is 0 Å². The van der Waals surface area contributed by atoms with Crippen LogP contribution in [0.15, 0.2) is 0 Å². The molecule has 0 bridgehead atoms. The van der Waals surface area contributed by atoms with E-state index in [1.165, 1.54) is 0 Å². The van der Waals surface area contributed by atoms with E-state index < -0.39 is 26.1 Å². The molecule has 0 spiro atoms. The van der Waals surface area contributed by atoms with Gasteiger partial charge in [0.2, 0.25) is 6.10 Å².